The summed E-state index contributed by atoms with van der Waals surface area (Å²) in [5.41, 5.74) is 4.61. The zero-order valence-electron chi connectivity index (χ0n) is 11.0. The monoisotopic (exact) mass is 306 g/mol. The van der Waals surface area contributed by atoms with Crippen LogP contribution in [-0.4, -0.2) is 20.3 Å². The van der Waals surface area contributed by atoms with Crippen LogP contribution in [0.25, 0.3) is 16.9 Å². The number of imidazole rings is 1. The van der Waals surface area contributed by atoms with Crippen molar-refractivity contribution in [2.45, 2.75) is 6.18 Å². The lowest BCUT2D eigenvalue weighted by Gasteiger charge is -2.13. The van der Waals surface area contributed by atoms with Gasteiger partial charge in [0.15, 0.2) is 11.3 Å². The number of carbonyl (C=O) groups is 1. The summed E-state index contributed by atoms with van der Waals surface area (Å²) >= 11 is 0. The van der Waals surface area contributed by atoms with Gasteiger partial charge in [-0.2, -0.15) is 13.2 Å². The minimum Gasteiger partial charge on any atom is -0.364 e. The van der Waals surface area contributed by atoms with Gasteiger partial charge in [-0.1, -0.05) is 18.2 Å². The van der Waals surface area contributed by atoms with Crippen LogP contribution in [-0.2, 0) is 6.18 Å². The zero-order valence-corrected chi connectivity index (χ0v) is 11.0. The molecule has 0 fully saturated rings. The van der Waals surface area contributed by atoms with Gasteiger partial charge in [-0.25, -0.2) is 9.97 Å². The zero-order chi connectivity index (χ0) is 15.9. The Hall–Kier alpha value is -2.90. The number of halogens is 3. The Morgan fingerprint density at radius 3 is 2.55 bits per heavy atom. The molecule has 2 heterocycles. The molecule has 0 unspecified atom stereocenters. The molecule has 0 aliphatic heterocycles. The first-order valence-electron chi connectivity index (χ1n) is 6.18. The quantitative estimate of drug-likeness (QED) is 0.790. The number of carbonyl (C=O) groups excluding carboxylic acids is 1. The number of benzene rings is 1. The maximum atomic E-state index is 13.2. The van der Waals surface area contributed by atoms with E-state index < -0.39 is 17.6 Å². The second-order valence-electron chi connectivity index (χ2n) is 4.52. The van der Waals surface area contributed by atoms with Gasteiger partial charge >= 0.3 is 6.18 Å². The molecule has 8 heteroatoms. The number of alkyl halides is 3. The Balaban J connectivity index is 2.31. The smallest absolute Gasteiger partial charge is 0.364 e. The predicted molar refractivity (Wildman–Crippen MR) is 71.9 cm³/mol. The largest absolute Gasteiger partial charge is 0.417 e. The highest BCUT2D eigenvalue weighted by Gasteiger charge is 2.33. The first-order valence-corrected chi connectivity index (χ1v) is 6.18. The lowest BCUT2D eigenvalue weighted by Crippen LogP contribution is -2.12. The van der Waals surface area contributed by atoms with Crippen LogP contribution in [0.2, 0.25) is 0 Å². The van der Waals surface area contributed by atoms with Crippen LogP contribution >= 0.6 is 0 Å². The molecule has 22 heavy (non-hydrogen) atoms. The Morgan fingerprint density at radius 1 is 1.14 bits per heavy atom. The SMILES string of the molecule is NC(=O)c1ncn2c(-c3ccccc3C(F)(F)F)ccnc12. The molecule has 0 saturated carbocycles. The van der Waals surface area contributed by atoms with E-state index in [1.165, 1.54) is 41.2 Å². The molecule has 1 aromatic carbocycles. The van der Waals surface area contributed by atoms with E-state index in [1.54, 1.807) is 0 Å². The molecule has 0 saturated heterocycles. The van der Waals surface area contributed by atoms with Gasteiger partial charge in [0.2, 0.25) is 0 Å². The minimum absolute atomic E-state index is 0.0316. The van der Waals surface area contributed by atoms with E-state index in [0.717, 1.165) is 6.07 Å². The van der Waals surface area contributed by atoms with Crippen LogP contribution < -0.4 is 5.73 Å². The number of primary amides is 1. The lowest BCUT2D eigenvalue weighted by molar-refractivity contribution is -0.137. The van der Waals surface area contributed by atoms with Gasteiger partial charge in [0.1, 0.15) is 6.33 Å². The predicted octanol–water partition coefficient (Wildman–Crippen LogP) is 2.51. The summed E-state index contributed by atoms with van der Waals surface area (Å²) < 4.78 is 40.8. The lowest BCUT2D eigenvalue weighted by atomic mass is 10.0. The van der Waals surface area contributed by atoms with Gasteiger partial charge in [-0.3, -0.25) is 9.20 Å². The van der Waals surface area contributed by atoms with E-state index in [2.05, 4.69) is 9.97 Å². The van der Waals surface area contributed by atoms with Crippen molar-refractivity contribution in [1.82, 2.24) is 14.4 Å². The molecule has 0 bridgehead atoms. The topological polar surface area (TPSA) is 73.3 Å². The van der Waals surface area contributed by atoms with Crippen LogP contribution in [0.3, 0.4) is 0 Å². The second kappa shape index (κ2) is 4.83. The van der Waals surface area contributed by atoms with Crippen LogP contribution in [0.5, 0.6) is 0 Å². The van der Waals surface area contributed by atoms with E-state index in [-0.39, 0.29) is 22.6 Å². The minimum atomic E-state index is -4.50. The van der Waals surface area contributed by atoms with Gasteiger partial charge < -0.3 is 5.73 Å². The molecule has 3 aromatic rings. The summed E-state index contributed by atoms with van der Waals surface area (Å²) in [7, 11) is 0. The number of nitrogens with zero attached hydrogens (tertiary/aromatic N) is 3. The Bertz CT molecular complexity index is 870. The molecule has 0 aliphatic rings. The number of hydrogen-bond donors (Lipinski definition) is 1. The number of aromatic nitrogens is 3. The highest BCUT2D eigenvalue weighted by atomic mass is 19.4. The summed E-state index contributed by atoms with van der Waals surface area (Å²) in [6.45, 7) is 0. The van der Waals surface area contributed by atoms with Crippen molar-refractivity contribution in [3.63, 3.8) is 0 Å². The van der Waals surface area contributed by atoms with Crippen LogP contribution in [0.1, 0.15) is 16.1 Å². The third-order valence-corrected chi connectivity index (χ3v) is 3.17. The first kappa shape index (κ1) is 14.1. The number of amides is 1. The van der Waals surface area contributed by atoms with E-state index in [1.807, 2.05) is 0 Å². The van der Waals surface area contributed by atoms with Crippen LogP contribution in [0.4, 0.5) is 13.2 Å². The van der Waals surface area contributed by atoms with Crippen molar-refractivity contribution in [2.75, 3.05) is 0 Å². The van der Waals surface area contributed by atoms with E-state index >= 15 is 0 Å². The number of rotatable bonds is 2. The Morgan fingerprint density at radius 2 is 1.86 bits per heavy atom. The van der Waals surface area contributed by atoms with Crippen molar-refractivity contribution in [3.05, 3.63) is 54.1 Å². The van der Waals surface area contributed by atoms with Crippen molar-refractivity contribution < 1.29 is 18.0 Å². The fraction of sp³-hybridized carbons (Fsp3) is 0.0714. The maximum absolute atomic E-state index is 13.2. The van der Waals surface area contributed by atoms with E-state index in [9.17, 15) is 18.0 Å². The average molecular weight is 306 g/mol. The van der Waals surface area contributed by atoms with Gasteiger partial charge in [0.05, 0.1) is 11.3 Å². The van der Waals surface area contributed by atoms with Crippen molar-refractivity contribution in [1.29, 1.82) is 0 Å². The highest BCUT2D eigenvalue weighted by molar-refractivity contribution is 5.97. The fourth-order valence-electron chi connectivity index (χ4n) is 2.25. The third kappa shape index (κ3) is 2.18. The normalized spacial score (nSPS) is 11.8. The van der Waals surface area contributed by atoms with Crippen molar-refractivity contribution in [2.24, 2.45) is 5.73 Å². The molecular weight excluding hydrogens is 297 g/mol. The molecule has 0 radical (unpaired) electrons. The van der Waals surface area contributed by atoms with Gasteiger partial charge in [-0.05, 0) is 12.1 Å². The Kier molecular flexibility index (Phi) is 3.09. The molecular formula is C14H9F3N4O. The van der Waals surface area contributed by atoms with Crippen LogP contribution in [0.15, 0.2) is 42.9 Å². The molecule has 5 nitrogen and oxygen atoms in total. The summed E-state index contributed by atoms with van der Waals surface area (Å²) in [6.07, 6.45) is -1.96. The maximum Gasteiger partial charge on any atom is 0.417 e. The molecule has 0 aliphatic carbocycles. The second-order valence-corrected chi connectivity index (χ2v) is 4.52. The molecule has 3 rings (SSSR count). The van der Waals surface area contributed by atoms with Crippen LogP contribution in [0, 0.1) is 0 Å². The van der Waals surface area contributed by atoms with Crippen molar-refractivity contribution >= 4 is 11.6 Å². The summed E-state index contributed by atoms with van der Waals surface area (Å²) in [5, 5.41) is 0. The number of fused-ring (bicyclic) bond motifs is 1. The summed E-state index contributed by atoms with van der Waals surface area (Å²) in [6, 6.07) is 6.58. The van der Waals surface area contributed by atoms with E-state index in [4.69, 9.17) is 5.73 Å². The fourth-order valence-corrected chi connectivity index (χ4v) is 2.25. The standard InChI is InChI=1S/C14H9F3N4O/c15-14(16,17)9-4-2-1-3-8(9)10-5-6-19-13-11(12(18)22)20-7-21(10)13/h1-7H,(H2,18,22). The molecule has 1 amide bonds. The van der Waals surface area contributed by atoms with Gasteiger partial charge in [0.25, 0.3) is 5.91 Å². The first-order chi connectivity index (χ1) is 10.4. The molecule has 0 atom stereocenters. The molecule has 0 spiro atoms. The summed E-state index contributed by atoms with van der Waals surface area (Å²) in [4.78, 5) is 19.1. The Labute approximate surface area is 122 Å². The van der Waals surface area contributed by atoms with E-state index in [0.29, 0.717) is 0 Å². The van der Waals surface area contributed by atoms with Gasteiger partial charge in [-0.15, -0.1) is 0 Å². The van der Waals surface area contributed by atoms with Crippen molar-refractivity contribution in [3.8, 4) is 11.3 Å². The highest BCUT2D eigenvalue weighted by Crippen LogP contribution is 2.36. The molecule has 2 N–H and O–H groups in total. The number of hydrogen-bond acceptors (Lipinski definition) is 3. The molecule has 112 valence electrons. The molecule has 2 aromatic heterocycles. The summed E-state index contributed by atoms with van der Waals surface area (Å²) in [5.74, 6) is -0.795. The number of nitrogens with two attached hydrogens (primary N) is 1. The third-order valence-electron chi connectivity index (χ3n) is 3.17. The van der Waals surface area contributed by atoms with Gasteiger partial charge in [0, 0.05) is 11.8 Å². The average Bonchev–Trinajstić information content (AvgIpc) is 2.90.